The third-order valence-corrected chi connectivity index (χ3v) is 4.51. The molecule has 0 heterocycles. The molecule has 2 rings (SSSR count). The van der Waals surface area contributed by atoms with Gasteiger partial charge in [0.2, 0.25) is 0 Å². The highest BCUT2D eigenvalue weighted by atomic mass is 16.6. The third-order valence-electron chi connectivity index (χ3n) is 4.51. The lowest BCUT2D eigenvalue weighted by Crippen LogP contribution is -2.28. The first-order valence-corrected chi connectivity index (χ1v) is 10.1. The maximum absolute atomic E-state index is 12.3. The van der Waals surface area contributed by atoms with Crippen molar-refractivity contribution < 1.29 is 19.1 Å². The number of carbonyl (C=O) groups excluding carboxylic acids is 2. The Morgan fingerprint density at radius 2 is 1.84 bits per heavy atom. The van der Waals surface area contributed by atoms with Crippen molar-refractivity contribution in [2.45, 2.75) is 38.8 Å². The Hall–Kier alpha value is -4.24. The fourth-order valence-electron chi connectivity index (χ4n) is 2.85. The lowest BCUT2D eigenvalue weighted by Gasteiger charge is -2.15. The number of methoxy groups -OCH3 is 1. The van der Waals surface area contributed by atoms with Crippen molar-refractivity contribution in [2.75, 3.05) is 17.7 Å². The first kappa shape index (κ1) is 24.0. The predicted octanol–water partition coefficient (Wildman–Crippen LogP) is 4.52. The summed E-state index contributed by atoms with van der Waals surface area (Å²) in [5.41, 5.74) is 2.15. The number of rotatable bonds is 9. The smallest absolute Gasteiger partial charge is 0.407 e. The third kappa shape index (κ3) is 7.54. The number of alkyl carbamates (subject to hydrolysis) is 1. The number of hydrogen-bond acceptors (Lipinski definition) is 6. The molecule has 0 radical (unpaired) electrons. The number of benzene rings is 2. The van der Waals surface area contributed by atoms with Crippen molar-refractivity contribution in [3.05, 3.63) is 53.6 Å². The molecule has 0 unspecified atom stereocenters. The van der Waals surface area contributed by atoms with E-state index in [0.717, 1.165) is 5.56 Å². The summed E-state index contributed by atoms with van der Waals surface area (Å²) in [5, 5.41) is 25.8. The molecule has 2 aromatic carbocycles. The molecule has 9 heteroatoms. The monoisotopic (exact) mass is 435 g/mol. The van der Waals surface area contributed by atoms with E-state index in [9.17, 15) is 9.59 Å². The number of nitrogens with zero attached hydrogens (tertiary/aromatic N) is 2. The fourth-order valence-corrected chi connectivity index (χ4v) is 2.85. The maximum Gasteiger partial charge on any atom is 0.407 e. The van der Waals surface area contributed by atoms with Crippen LogP contribution < -0.4 is 20.7 Å². The van der Waals surface area contributed by atoms with Crippen molar-refractivity contribution in [2.24, 2.45) is 0 Å². The highest BCUT2D eigenvalue weighted by Gasteiger charge is 2.12. The molecule has 0 aliphatic heterocycles. The van der Waals surface area contributed by atoms with Crippen LogP contribution in [0.25, 0.3) is 0 Å². The molecule has 0 saturated heterocycles. The predicted molar refractivity (Wildman–Crippen MR) is 119 cm³/mol. The highest BCUT2D eigenvalue weighted by Crippen LogP contribution is 2.22. The molecule has 0 aromatic heterocycles. The Morgan fingerprint density at radius 3 is 2.50 bits per heavy atom. The van der Waals surface area contributed by atoms with Crippen LogP contribution >= 0.6 is 0 Å². The number of nitriles is 2. The number of carbonyl (C=O) groups is 2. The first-order valence-electron chi connectivity index (χ1n) is 10.1. The minimum atomic E-state index is -0.555. The average molecular weight is 435 g/mol. The second-order valence-corrected chi connectivity index (χ2v) is 6.79. The summed E-state index contributed by atoms with van der Waals surface area (Å²) in [7, 11) is 1.45. The molecule has 2 aromatic rings. The van der Waals surface area contributed by atoms with Gasteiger partial charge >= 0.3 is 12.1 Å². The summed E-state index contributed by atoms with van der Waals surface area (Å²) in [6.45, 7) is 2.11. The first-order chi connectivity index (χ1) is 15.5. The molecule has 3 amide bonds. The molecule has 9 nitrogen and oxygen atoms in total. The van der Waals surface area contributed by atoms with Gasteiger partial charge in [0, 0.05) is 30.4 Å². The van der Waals surface area contributed by atoms with Crippen molar-refractivity contribution in [3.63, 3.8) is 0 Å². The van der Waals surface area contributed by atoms with E-state index in [-0.39, 0.29) is 12.6 Å². The highest BCUT2D eigenvalue weighted by molar-refractivity contribution is 6.00. The Morgan fingerprint density at radius 1 is 1.09 bits per heavy atom. The molecule has 0 aliphatic rings. The van der Waals surface area contributed by atoms with Gasteiger partial charge < -0.3 is 25.4 Å². The zero-order valence-electron chi connectivity index (χ0n) is 18.0. The molecular formula is C23H25N5O4. The van der Waals surface area contributed by atoms with Crippen molar-refractivity contribution in [1.82, 2.24) is 5.32 Å². The lowest BCUT2D eigenvalue weighted by molar-refractivity contribution is 0.0906. The fraction of sp³-hybridized carbons (Fsp3) is 0.304. The van der Waals surface area contributed by atoms with Crippen LogP contribution in [-0.2, 0) is 11.3 Å². The van der Waals surface area contributed by atoms with E-state index in [4.69, 9.17) is 20.0 Å². The molecule has 0 fully saturated rings. The molecule has 3 N–H and O–H groups in total. The Kier molecular flexibility index (Phi) is 9.35. The quantitative estimate of drug-likeness (QED) is 0.530. The second kappa shape index (κ2) is 12.5. The van der Waals surface area contributed by atoms with Crippen LogP contribution in [-0.4, -0.2) is 25.3 Å². The number of hydrogen-bond donors (Lipinski definition) is 3. The summed E-state index contributed by atoms with van der Waals surface area (Å²) >= 11 is 0. The van der Waals surface area contributed by atoms with E-state index in [1.807, 2.05) is 25.1 Å². The van der Waals surface area contributed by atoms with Crippen LogP contribution in [0.5, 0.6) is 5.75 Å². The van der Waals surface area contributed by atoms with E-state index in [1.54, 1.807) is 36.4 Å². The van der Waals surface area contributed by atoms with Gasteiger partial charge in [-0.25, -0.2) is 9.59 Å². The number of anilines is 2. The molecule has 0 aliphatic carbocycles. The van der Waals surface area contributed by atoms with Crippen molar-refractivity contribution in [3.8, 4) is 17.9 Å². The summed E-state index contributed by atoms with van der Waals surface area (Å²) in [6.07, 6.45) is 0.610. The van der Waals surface area contributed by atoms with Crippen LogP contribution in [0.3, 0.4) is 0 Å². The molecule has 0 bridgehead atoms. The summed E-state index contributed by atoms with van der Waals surface area (Å²) in [4.78, 5) is 24.3. The summed E-state index contributed by atoms with van der Waals surface area (Å²) < 4.78 is 10.4. The number of nitrogens with one attached hydrogen (secondary N) is 3. The topological polar surface area (TPSA) is 136 Å². The Bertz CT molecular complexity index is 1030. The van der Waals surface area contributed by atoms with Crippen molar-refractivity contribution in [1.29, 1.82) is 10.5 Å². The van der Waals surface area contributed by atoms with Crippen LogP contribution in [0.2, 0.25) is 0 Å². The van der Waals surface area contributed by atoms with E-state index in [0.29, 0.717) is 42.0 Å². The minimum absolute atomic E-state index is 0.220. The van der Waals surface area contributed by atoms with Gasteiger partial charge in [-0.3, -0.25) is 0 Å². The molecule has 166 valence electrons. The largest absolute Gasteiger partial charge is 0.495 e. The number of ether oxygens (including phenoxy) is 2. The van der Waals surface area contributed by atoms with Crippen LogP contribution in [0.15, 0.2) is 42.5 Å². The standard InChI is InChI=1S/C23H25N5O4/c1-3-20(8-5-11-24)32-23(30)26-15-16-6-4-7-18(12-16)27-22(29)28-19-10-9-17(14-25)21(13-19)31-2/h4,6-7,9-10,12-13,20H,3,5,8,15H2,1-2H3,(H,26,30)(H2,27,28,29)/t20-/m1/s1. The Labute approximate surface area is 186 Å². The van der Waals surface area contributed by atoms with Gasteiger partial charge in [-0.15, -0.1) is 0 Å². The van der Waals surface area contributed by atoms with E-state index < -0.39 is 12.1 Å². The van der Waals surface area contributed by atoms with E-state index in [1.165, 1.54) is 7.11 Å². The van der Waals surface area contributed by atoms with Crippen molar-refractivity contribution >= 4 is 23.5 Å². The van der Waals surface area contributed by atoms with Crippen LogP contribution in [0.1, 0.15) is 37.3 Å². The molecule has 0 saturated carbocycles. The normalized spacial score (nSPS) is 10.8. The SMILES string of the molecule is CC[C@H](CCC#N)OC(=O)NCc1cccc(NC(=O)Nc2ccc(C#N)c(OC)c2)c1. The maximum atomic E-state index is 12.3. The lowest BCUT2D eigenvalue weighted by atomic mass is 10.1. The van der Waals surface area contributed by atoms with Gasteiger partial charge in [0.1, 0.15) is 17.9 Å². The summed E-state index contributed by atoms with van der Waals surface area (Å²) in [6, 6.07) is 15.3. The molecule has 32 heavy (non-hydrogen) atoms. The zero-order chi connectivity index (χ0) is 23.3. The summed E-state index contributed by atoms with van der Waals surface area (Å²) in [5.74, 6) is 0.364. The Balaban J connectivity index is 1.90. The van der Waals surface area contributed by atoms with Gasteiger partial charge in [-0.05, 0) is 42.7 Å². The van der Waals surface area contributed by atoms with Gasteiger partial charge in [0.15, 0.2) is 0 Å². The van der Waals surface area contributed by atoms with Gasteiger partial charge in [-0.2, -0.15) is 10.5 Å². The van der Waals surface area contributed by atoms with Gasteiger partial charge in [0.25, 0.3) is 0 Å². The van der Waals surface area contributed by atoms with Gasteiger partial charge in [0.05, 0.1) is 18.7 Å². The molecular weight excluding hydrogens is 410 g/mol. The zero-order valence-corrected chi connectivity index (χ0v) is 18.0. The molecule has 0 spiro atoms. The number of amides is 3. The second-order valence-electron chi connectivity index (χ2n) is 6.79. The minimum Gasteiger partial charge on any atom is -0.495 e. The van der Waals surface area contributed by atoms with Gasteiger partial charge in [-0.1, -0.05) is 19.1 Å². The van der Waals surface area contributed by atoms with E-state index >= 15 is 0 Å². The average Bonchev–Trinajstić information content (AvgIpc) is 2.80. The van der Waals surface area contributed by atoms with Crippen LogP contribution in [0, 0.1) is 22.7 Å². The number of urea groups is 1. The molecule has 1 atom stereocenters. The van der Waals surface area contributed by atoms with Crippen LogP contribution in [0.4, 0.5) is 21.0 Å². The van der Waals surface area contributed by atoms with E-state index in [2.05, 4.69) is 16.0 Å².